The fourth-order valence-electron chi connectivity index (χ4n) is 3.47. The maximum atomic E-state index is 13.4. The molecule has 0 heterocycles. The lowest BCUT2D eigenvalue weighted by molar-refractivity contribution is -0.115. The monoisotopic (exact) mass is 554 g/mol. The molecule has 0 saturated carbocycles. The maximum absolute atomic E-state index is 13.4. The molecule has 0 aliphatic carbocycles. The molecule has 0 bridgehead atoms. The highest BCUT2D eigenvalue weighted by Crippen LogP contribution is 2.37. The summed E-state index contributed by atoms with van der Waals surface area (Å²) < 4.78 is 0. The minimum Gasteiger partial charge on any atom is -0.325 e. The molecular weight excluding hydrogens is 535 g/mol. The molecule has 0 fully saturated rings. The van der Waals surface area contributed by atoms with E-state index in [-0.39, 0.29) is 16.8 Å². The second-order valence-corrected chi connectivity index (χ2v) is 10.3. The third kappa shape index (κ3) is 6.42. The van der Waals surface area contributed by atoms with Gasteiger partial charge in [0, 0.05) is 26.3 Å². The van der Waals surface area contributed by atoms with Crippen LogP contribution >= 0.6 is 46.6 Å². The van der Waals surface area contributed by atoms with Crippen molar-refractivity contribution in [1.29, 1.82) is 0 Å². The molecule has 4 aromatic carbocycles. The molecule has 0 aliphatic heterocycles. The Kier molecular flexibility index (Phi) is 8.60. The number of carbonyl (C=O) groups is 2. The van der Waals surface area contributed by atoms with Crippen LogP contribution in [0.3, 0.4) is 0 Å². The summed E-state index contributed by atoms with van der Waals surface area (Å²) in [7, 11) is 0. The van der Waals surface area contributed by atoms with Gasteiger partial charge in [-0.15, -0.1) is 11.8 Å². The second kappa shape index (κ2) is 11.8. The number of halogens is 3. The Bertz CT molecular complexity index is 1400. The van der Waals surface area contributed by atoms with Crippen molar-refractivity contribution in [2.45, 2.75) is 17.1 Å². The number of hydrogen-bond donors (Lipinski definition) is 2. The molecule has 0 radical (unpaired) electrons. The number of hydrogen-bond acceptors (Lipinski definition) is 3. The number of carbonyl (C=O) groups excluding carboxylic acids is 2. The highest BCUT2D eigenvalue weighted by molar-refractivity contribution is 8.00. The molecule has 2 amide bonds. The van der Waals surface area contributed by atoms with Crippen molar-refractivity contribution in [1.82, 2.24) is 0 Å². The Morgan fingerprint density at radius 3 is 2.19 bits per heavy atom. The number of benzene rings is 4. The number of nitrogens with one attached hydrogen (secondary N) is 2. The van der Waals surface area contributed by atoms with Crippen molar-refractivity contribution in [2.75, 3.05) is 10.6 Å². The first-order valence-corrected chi connectivity index (χ1v) is 13.0. The van der Waals surface area contributed by atoms with Crippen LogP contribution in [0.25, 0.3) is 0 Å². The fourth-order valence-corrected chi connectivity index (χ4v) is 5.16. The summed E-state index contributed by atoms with van der Waals surface area (Å²) in [6, 6.07) is 27.0. The molecule has 1 atom stereocenters. The number of amides is 2. The van der Waals surface area contributed by atoms with E-state index in [9.17, 15) is 9.59 Å². The molecule has 0 aliphatic rings. The van der Waals surface area contributed by atoms with Gasteiger partial charge in [-0.05, 0) is 72.6 Å². The molecule has 1 unspecified atom stereocenters. The smallest absolute Gasteiger partial charge is 0.257 e. The molecule has 4 aromatic rings. The van der Waals surface area contributed by atoms with Crippen LogP contribution in [0.4, 0.5) is 11.4 Å². The van der Waals surface area contributed by atoms with Gasteiger partial charge in [-0.3, -0.25) is 9.59 Å². The van der Waals surface area contributed by atoms with Crippen molar-refractivity contribution in [2.24, 2.45) is 0 Å². The lowest BCUT2D eigenvalue weighted by Crippen LogP contribution is -2.19. The molecule has 36 heavy (non-hydrogen) atoms. The summed E-state index contributed by atoms with van der Waals surface area (Å²) in [5.74, 6) is -0.498. The highest BCUT2D eigenvalue weighted by atomic mass is 35.5. The van der Waals surface area contributed by atoms with Gasteiger partial charge >= 0.3 is 0 Å². The van der Waals surface area contributed by atoms with E-state index in [4.69, 9.17) is 34.8 Å². The Morgan fingerprint density at radius 2 is 1.50 bits per heavy atom. The largest absolute Gasteiger partial charge is 0.325 e. The lowest BCUT2D eigenvalue weighted by atomic mass is 10.1. The van der Waals surface area contributed by atoms with Crippen LogP contribution in [0.2, 0.25) is 15.1 Å². The van der Waals surface area contributed by atoms with Crippen LogP contribution < -0.4 is 10.6 Å². The summed E-state index contributed by atoms with van der Waals surface area (Å²) in [6.45, 7) is 1.87. The Balaban J connectivity index is 1.51. The van der Waals surface area contributed by atoms with E-state index in [1.54, 1.807) is 36.4 Å². The Labute approximate surface area is 229 Å². The molecule has 182 valence electrons. The van der Waals surface area contributed by atoms with Crippen LogP contribution in [0.15, 0.2) is 95.9 Å². The molecule has 4 nitrogen and oxygen atoms in total. The molecular formula is C28H21Cl3N2O2S. The third-order valence-electron chi connectivity index (χ3n) is 5.41. The summed E-state index contributed by atoms with van der Waals surface area (Å²) >= 11 is 19.7. The lowest BCUT2D eigenvalue weighted by Gasteiger charge is -2.18. The minimum atomic E-state index is -0.502. The first kappa shape index (κ1) is 26.1. The number of rotatable bonds is 7. The average Bonchev–Trinajstić information content (AvgIpc) is 2.86. The van der Waals surface area contributed by atoms with E-state index >= 15 is 0 Å². The average molecular weight is 556 g/mol. The zero-order valence-corrected chi connectivity index (χ0v) is 22.2. The van der Waals surface area contributed by atoms with E-state index in [1.165, 1.54) is 17.8 Å². The van der Waals surface area contributed by atoms with Crippen LogP contribution in [0.1, 0.15) is 26.7 Å². The molecule has 8 heteroatoms. The van der Waals surface area contributed by atoms with E-state index in [0.717, 1.165) is 16.0 Å². The second-order valence-electron chi connectivity index (χ2n) is 7.91. The molecule has 2 N–H and O–H groups in total. The van der Waals surface area contributed by atoms with Crippen molar-refractivity contribution in [3.63, 3.8) is 0 Å². The minimum absolute atomic E-state index is 0.161. The van der Waals surface area contributed by atoms with Gasteiger partial charge in [-0.25, -0.2) is 0 Å². The van der Waals surface area contributed by atoms with Gasteiger partial charge in [0.2, 0.25) is 5.91 Å². The zero-order chi connectivity index (χ0) is 25.7. The first-order valence-electron chi connectivity index (χ1n) is 11.0. The van der Waals surface area contributed by atoms with Crippen LogP contribution in [-0.4, -0.2) is 11.8 Å². The van der Waals surface area contributed by atoms with Crippen molar-refractivity contribution < 1.29 is 9.59 Å². The highest BCUT2D eigenvalue weighted by Gasteiger charge is 2.23. The standard InChI is InChI=1S/C28H21Cl3N2O2S/c1-17-23(30)8-5-9-25(17)33-28(35)26(18-6-3-2-4-7-18)36-21-13-11-20(12-14-21)32-27(34)22-15-10-19(29)16-24(22)31/h2-16,26H,1H3,(H,32,34)(H,33,35). The van der Waals surface area contributed by atoms with Crippen LogP contribution in [0, 0.1) is 6.92 Å². The van der Waals surface area contributed by atoms with Gasteiger partial charge in [-0.1, -0.05) is 71.2 Å². The SMILES string of the molecule is Cc1c(Cl)cccc1NC(=O)C(Sc1ccc(NC(=O)c2ccc(Cl)cc2Cl)cc1)c1ccccc1. The van der Waals surface area contributed by atoms with E-state index in [1.807, 2.05) is 55.5 Å². The predicted molar refractivity (Wildman–Crippen MR) is 151 cm³/mol. The van der Waals surface area contributed by atoms with Gasteiger partial charge in [0.1, 0.15) is 5.25 Å². The van der Waals surface area contributed by atoms with E-state index in [2.05, 4.69) is 10.6 Å². The van der Waals surface area contributed by atoms with Crippen LogP contribution in [-0.2, 0) is 4.79 Å². The van der Waals surface area contributed by atoms with Crippen molar-refractivity contribution >= 4 is 69.8 Å². The summed E-state index contributed by atoms with van der Waals surface area (Å²) in [6.07, 6.45) is 0. The maximum Gasteiger partial charge on any atom is 0.257 e. The molecule has 4 rings (SSSR count). The predicted octanol–water partition coefficient (Wildman–Crippen LogP) is 8.68. The van der Waals surface area contributed by atoms with Gasteiger partial charge < -0.3 is 10.6 Å². The Morgan fingerprint density at radius 1 is 0.778 bits per heavy atom. The topological polar surface area (TPSA) is 58.2 Å². The fraction of sp³-hybridized carbons (Fsp3) is 0.0714. The number of anilines is 2. The van der Waals surface area contributed by atoms with Gasteiger partial charge in [0.25, 0.3) is 5.91 Å². The van der Waals surface area contributed by atoms with Crippen molar-refractivity contribution in [3.8, 4) is 0 Å². The van der Waals surface area contributed by atoms with Crippen molar-refractivity contribution in [3.05, 3.63) is 123 Å². The number of thioether (sulfide) groups is 1. The Hall–Kier alpha value is -2.96. The van der Waals surface area contributed by atoms with Crippen LogP contribution in [0.5, 0.6) is 0 Å². The molecule has 0 spiro atoms. The zero-order valence-electron chi connectivity index (χ0n) is 19.1. The summed E-state index contributed by atoms with van der Waals surface area (Å²) in [4.78, 5) is 26.8. The third-order valence-corrected chi connectivity index (χ3v) is 7.63. The quantitative estimate of drug-likeness (QED) is 0.224. The van der Waals surface area contributed by atoms with Gasteiger partial charge in [0.05, 0.1) is 10.6 Å². The summed E-state index contributed by atoms with van der Waals surface area (Å²) in [5.41, 5.74) is 3.29. The molecule has 0 saturated heterocycles. The summed E-state index contributed by atoms with van der Waals surface area (Å²) in [5, 5.41) is 6.67. The van der Waals surface area contributed by atoms with Gasteiger partial charge in [0.15, 0.2) is 0 Å². The molecule has 0 aromatic heterocycles. The van der Waals surface area contributed by atoms with Gasteiger partial charge in [-0.2, -0.15) is 0 Å². The van der Waals surface area contributed by atoms with E-state index < -0.39 is 5.25 Å². The first-order chi connectivity index (χ1) is 17.3. The normalized spacial score (nSPS) is 11.6. The van der Waals surface area contributed by atoms with E-state index in [0.29, 0.717) is 27.0 Å².